The molecule has 10 heteroatoms. The van der Waals surface area contributed by atoms with Crippen LogP contribution in [0.3, 0.4) is 0 Å². The number of aliphatic hydroxyl groups is 1. The summed E-state index contributed by atoms with van der Waals surface area (Å²) in [7, 11) is -3.41. The number of piperidine rings is 1. The largest absolute Gasteiger partial charge is 0.392 e. The van der Waals surface area contributed by atoms with Crippen molar-refractivity contribution >= 4 is 33.2 Å². The van der Waals surface area contributed by atoms with E-state index in [-0.39, 0.29) is 17.3 Å². The molecule has 178 valence electrons. The molecule has 4 rings (SSSR count). The lowest BCUT2D eigenvalue weighted by Crippen LogP contribution is -2.35. The van der Waals surface area contributed by atoms with Crippen LogP contribution in [-0.4, -0.2) is 61.4 Å². The molecule has 2 aromatic rings. The van der Waals surface area contributed by atoms with Crippen molar-refractivity contribution in [2.24, 2.45) is 5.41 Å². The smallest absolute Gasteiger partial charge is 0.258 e. The normalized spacial score (nSPS) is 18.1. The molecule has 1 aromatic heterocycles. The van der Waals surface area contributed by atoms with E-state index in [0.717, 1.165) is 25.9 Å². The lowest BCUT2D eigenvalue weighted by Gasteiger charge is -2.35. The Bertz CT molecular complexity index is 1150. The number of aryl methyl sites for hydroxylation is 1. The number of carbonyl (C=O) groups is 1. The highest BCUT2D eigenvalue weighted by atomic mass is 32.2. The van der Waals surface area contributed by atoms with Crippen LogP contribution in [0.25, 0.3) is 0 Å². The second kappa shape index (κ2) is 8.90. The third-order valence-electron chi connectivity index (χ3n) is 6.42. The van der Waals surface area contributed by atoms with Gasteiger partial charge in [-0.1, -0.05) is 0 Å². The maximum Gasteiger partial charge on any atom is 0.258 e. The number of nitrogens with zero attached hydrogens (tertiary/aromatic N) is 3. The number of hydrogen-bond donors (Lipinski definition) is 3. The first-order chi connectivity index (χ1) is 15.5. The predicted octanol–water partition coefficient (Wildman–Crippen LogP) is 2.61. The Morgan fingerprint density at radius 1 is 1.18 bits per heavy atom. The summed E-state index contributed by atoms with van der Waals surface area (Å²) in [4.78, 5) is 24.2. The maximum absolute atomic E-state index is 13.3. The number of hydrogen-bond acceptors (Lipinski definition) is 8. The zero-order valence-electron chi connectivity index (χ0n) is 19.3. The average molecular weight is 474 g/mol. The number of nitrogens with one attached hydrogen (secondary N) is 2. The van der Waals surface area contributed by atoms with E-state index in [1.807, 2.05) is 0 Å². The van der Waals surface area contributed by atoms with Gasteiger partial charge in [0.15, 0.2) is 9.84 Å². The topological polar surface area (TPSA) is 125 Å². The molecule has 3 N–H and O–H groups in total. The van der Waals surface area contributed by atoms with E-state index in [9.17, 15) is 18.3 Å². The molecule has 2 aliphatic rings. The van der Waals surface area contributed by atoms with Crippen molar-refractivity contribution in [2.75, 3.05) is 41.4 Å². The standard InChI is InChI=1S/C23H31N5O4S/c1-15-12-20(27-22(25-15)24-14-16(2)29)26-21(30)18-5-4-17(33(3,31)32)13-19(18)28-10-8-23(6-7-23)9-11-28/h4-5,12-13,16,29H,6-11,14H2,1-3H3,(H2,24,25,26,27,30)/t16-/m0/s1. The van der Waals surface area contributed by atoms with Gasteiger partial charge in [0.05, 0.1) is 22.3 Å². The molecule has 1 aliphatic heterocycles. The van der Waals surface area contributed by atoms with Crippen molar-refractivity contribution in [2.45, 2.75) is 50.5 Å². The van der Waals surface area contributed by atoms with Crippen LogP contribution in [0.2, 0.25) is 0 Å². The first kappa shape index (κ1) is 23.4. The van der Waals surface area contributed by atoms with Crippen LogP contribution in [-0.2, 0) is 9.84 Å². The highest BCUT2D eigenvalue weighted by Crippen LogP contribution is 2.54. The molecule has 2 heterocycles. The van der Waals surface area contributed by atoms with E-state index >= 15 is 0 Å². The Balaban J connectivity index is 1.60. The Morgan fingerprint density at radius 2 is 1.88 bits per heavy atom. The minimum atomic E-state index is -3.41. The van der Waals surface area contributed by atoms with Crippen LogP contribution >= 0.6 is 0 Å². The third kappa shape index (κ3) is 5.62. The second-order valence-corrected chi connectivity index (χ2v) is 11.4. The molecule has 33 heavy (non-hydrogen) atoms. The Labute approximate surface area is 194 Å². The number of carbonyl (C=O) groups excluding carboxylic acids is 1. The summed E-state index contributed by atoms with van der Waals surface area (Å²) in [6.45, 7) is 5.32. The number of aromatic nitrogens is 2. The summed E-state index contributed by atoms with van der Waals surface area (Å²) in [6, 6.07) is 6.31. The van der Waals surface area contributed by atoms with Crippen molar-refractivity contribution < 1.29 is 18.3 Å². The van der Waals surface area contributed by atoms with Crippen LogP contribution in [0.5, 0.6) is 0 Å². The quantitative estimate of drug-likeness (QED) is 0.561. The molecule has 0 bridgehead atoms. The van der Waals surface area contributed by atoms with Crippen LogP contribution in [0, 0.1) is 12.3 Å². The zero-order valence-corrected chi connectivity index (χ0v) is 20.1. The van der Waals surface area contributed by atoms with Gasteiger partial charge in [-0.05, 0) is 63.1 Å². The van der Waals surface area contributed by atoms with Crippen LogP contribution < -0.4 is 15.5 Å². The molecule has 1 atom stereocenters. The van der Waals surface area contributed by atoms with Gasteiger partial charge < -0.3 is 20.6 Å². The van der Waals surface area contributed by atoms with E-state index in [1.165, 1.54) is 25.2 Å². The Morgan fingerprint density at radius 3 is 2.48 bits per heavy atom. The molecular weight excluding hydrogens is 442 g/mol. The van der Waals surface area contributed by atoms with Gasteiger partial charge in [-0.3, -0.25) is 4.79 Å². The van der Waals surface area contributed by atoms with Gasteiger partial charge in [0.1, 0.15) is 5.82 Å². The molecule has 2 fully saturated rings. The van der Waals surface area contributed by atoms with E-state index in [1.54, 1.807) is 32.0 Å². The average Bonchev–Trinajstić information content (AvgIpc) is 3.50. The van der Waals surface area contributed by atoms with Gasteiger partial charge in [-0.2, -0.15) is 4.98 Å². The van der Waals surface area contributed by atoms with Crippen LogP contribution in [0.1, 0.15) is 48.7 Å². The number of rotatable bonds is 7. The van der Waals surface area contributed by atoms with E-state index in [2.05, 4.69) is 25.5 Å². The lowest BCUT2D eigenvalue weighted by atomic mass is 9.93. The molecule has 1 spiro atoms. The van der Waals surface area contributed by atoms with E-state index in [4.69, 9.17) is 0 Å². The molecule has 1 aromatic carbocycles. The van der Waals surface area contributed by atoms with Gasteiger partial charge in [0.2, 0.25) is 5.95 Å². The highest BCUT2D eigenvalue weighted by molar-refractivity contribution is 7.90. The molecule has 1 amide bonds. The van der Waals surface area contributed by atoms with Crippen LogP contribution in [0.4, 0.5) is 17.5 Å². The monoisotopic (exact) mass is 473 g/mol. The van der Waals surface area contributed by atoms with Gasteiger partial charge in [0.25, 0.3) is 5.91 Å². The number of anilines is 3. The molecule has 1 saturated carbocycles. The van der Waals surface area contributed by atoms with Gasteiger partial charge in [0, 0.05) is 37.7 Å². The molecule has 0 radical (unpaired) electrons. The van der Waals surface area contributed by atoms with Gasteiger partial charge in [-0.15, -0.1) is 0 Å². The molecule has 9 nitrogen and oxygen atoms in total. The summed E-state index contributed by atoms with van der Waals surface area (Å²) in [6.07, 6.45) is 5.24. The number of sulfone groups is 1. The lowest BCUT2D eigenvalue weighted by molar-refractivity contribution is 0.102. The second-order valence-electron chi connectivity index (χ2n) is 9.34. The summed E-state index contributed by atoms with van der Waals surface area (Å²) < 4.78 is 24.4. The number of aliphatic hydroxyl groups excluding tert-OH is 1. The number of benzene rings is 1. The minimum absolute atomic E-state index is 0.197. The van der Waals surface area contributed by atoms with Crippen molar-refractivity contribution in [1.82, 2.24) is 9.97 Å². The van der Waals surface area contributed by atoms with E-state index < -0.39 is 15.9 Å². The first-order valence-electron chi connectivity index (χ1n) is 11.2. The van der Waals surface area contributed by atoms with Crippen molar-refractivity contribution in [3.8, 4) is 0 Å². The zero-order chi connectivity index (χ0) is 23.8. The molecular formula is C23H31N5O4S. The molecule has 0 unspecified atom stereocenters. The molecule has 1 aliphatic carbocycles. The summed E-state index contributed by atoms with van der Waals surface area (Å²) >= 11 is 0. The first-order valence-corrected chi connectivity index (χ1v) is 13.1. The van der Waals surface area contributed by atoms with Gasteiger partial charge >= 0.3 is 0 Å². The minimum Gasteiger partial charge on any atom is -0.392 e. The predicted molar refractivity (Wildman–Crippen MR) is 128 cm³/mol. The van der Waals surface area contributed by atoms with Crippen LogP contribution in [0.15, 0.2) is 29.2 Å². The summed E-state index contributed by atoms with van der Waals surface area (Å²) in [5.41, 5.74) is 2.15. The highest BCUT2D eigenvalue weighted by Gasteiger charge is 2.44. The van der Waals surface area contributed by atoms with E-state index in [0.29, 0.717) is 34.1 Å². The van der Waals surface area contributed by atoms with Crippen molar-refractivity contribution in [1.29, 1.82) is 0 Å². The Kier molecular flexibility index (Phi) is 6.32. The van der Waals surface area contributed by atoms with Crippen molar-refractivity contribution in [3.63, 3.8) is 0 Å². The van der Waals surface area contributed by atoms with Gasteiger partial charge in [-0.25, -0.2) is 13.4 Å². The SMILES string of the molecule is Cc1cc(NC(=O)c2ccc(S(C)(=O)=O)cc2N2CCC3(CC2)CC3)nc(NC[C@H](C)O)n1. The third-order valence-corrected chi connectivity index (χ3v) is 7.53. The fraction of sp³-hybridized carbons (Fsp3) is 0.522. The van der Waals surface area contributed by atoms with Crippen molar-refractivity contribution in [3.05, 3.63) is 35.5 Å². The Hall–Kier alpha value is -2.72. The summed E-state index contributed by atoms with van der Waals surface area (Å²) in [5.74, 6) is 0.273. The fourth-order valence-corrected chi connectivity index (χ4v) is 4.87. The fourth-order valence-electron chi connectivity index (χ4n) is 4.23. The number of amides is 1. The molecule has 1 saturated heterocycles. The maximum atomic E-state index is 13.3. The summed E-state index contributed by atoms with van der Waals surface area (Å²) in [5, 5.41) is 15.2.